The monoisotopic (exact) mass is 215 g/mol. The highest BCUT2D eigenvalue weighted by Crippen LogP contribution is 2.17. The Hall–Kier alpha value is -1.12. The summed E-state index contributed by atoms with van der Waals surface area (Å²) in [5.41, 5.74) is 0.434. The number of nitrogens with one attached hydrogen (secondary N) is 1. The first kappa shape index (κ1) is 13.9. The summed E-state index contributed by atoms with van der Waals surface area (Å²) in [4.78, 5) is 0. The molecule has 0 aromatic heterocycles. The molecule has 0 aromatic rings. The minimum atomic E-state index is -0.382. The molecule has 1 unspecified atom stereocenters. The minimum absolute atomic E-state index is 0.129. The molecule has 1 atom stereocenters. The van der Waals surface area contributed by atoms with Crippen LogP contribution in [0.15, 0.2) is 35.6 Å². The van der Waals surface area contributed by atoms with Gasteiger partial charge in [-0.2, -0.15) is 0 Å². The van der Waals surface area contributed by atoms with Crippen molar-refractivity contribution in [2.45, 2.75) is 27.2 Å². The fourth-order valence-corrected chi connectivity index (χ4v) is 0.904. The van der Waals surface area contributed by atoms with Crippen molar-refractivity contribution < 1.29 is 8.78 Å². The van der Waals surface area contributed by atoms with Gasteiger partial charge in [0.2, 0.25) is 0 Å². The average Bonchev–Trinajstić information content (AvgIpc) is 2.26. The van der Waals surface area contributed by atoms with Crippen LogP contribution in [0.5, 0.6) is 0 Å². The summed E-state index contributed by atoms with van der Waals surface area (Å²) in [6.45, 7) is 5.30. The molecule has 86 valence electrons. The molecule has 0 aliphatic heterocycles. The lowest BCUT2D eigenvalue weighted by Gasteiger charge is -2.06. The first-order valence-corrected chi connectivity index (χ1v) is 5.13. The Balaban J connectivity index is 4.78. The van der Waals surface area contributed by atoms with E-state index in [4.69, 9.17) is 0 Å². The van der Waals surface area contributed by atoms with Gasteiger partial charge < -0.3 is 5.32 Å². The van der Waals surface area contributed by atoms with Gasteiger partial charge in [0.05, 0.1) is 0 Å². The Bertz CT molecular complexity index is 277. The van der Waals surface area contributed by atoms with E-state index >= 15 is 0 Å². The normalized spacial score (nSPS) is 16.5. The van der Waals surface area contributed by atoms with E-state index in [-0.39, 0.29) is 17.6 Å². The molecule has 0 amide bonds. The lowest BCUT2D eigenvalue weighted by Crippen LogP contribution is -2.05. The van der Waals surface area contributed by atoms with Gasteiger partial charge in [0.25, 0.3) is 0 Å². The van der Waals surface area contributed by atoms with E-state index < -0.39 is 0 Å². The SMILES string of the molecule is C/C=C(F)/C=C(\C=C(\F)C(C)CC)NC. The lowest BCUT2D eigenvalue weighted by molar-refractivity contribution is 0.481. The molecule has 0 saturated carbocycles. The average molecular weight is 215 g/mol. The highest BCUT2D eigenvalue weighted by atomic mass is 19.1. The summed E-state index contributed by atoms with van der Waals surface area (Å²) in [5.74, 6) is -0.745. The first-order chi connectivity index (χ1) is 7.04. The molecule has 0 radical (unpaired) electrons. The fourth-order valence-electron chi connectivity index (χ4n) is 0.904. The van der Waals surface area contributed by atoms with E-state index in [2.05, 4.69) is 5.32 Å². The van der Waals surface area contributed by atoms with Crippen LogP contribution in [0.2, 0.25) is 0 Å². The van der Waals surface area contributed by atoms with Gasteiger partial charge >= 0.3 is 0 Å². The van der Waals surface area contributed by atoms with Gasteiger partial charge in [-0.15, -0.1) is 0 Å². The number of rotatable bonds is 5. The van der Waals surface area contributed by atoms with E-state index in [1.54, 1.807) is 20.9 Å². The molecule has 0 aliphatic carbocycles. The molecule has 0 fully saturated rings. The van der Waals surface area contributed by atoms with Gasteiger partial charge in [-0.3, -0.25) is 0 Å². The van der Waals surface area contributed by atoms with Crippen molar-refractivity contribution in [3.63, 3.8) is 0 Å². The Morgan fingerprint density at radius 2 is 1.93 bits per heavy atom. The Kier molecular flexibility index (Phi) is 6.67. The van der Waals surface area contributed by atoms with Crippen molar-refractivity contribution in [2.75, 3.05) is 7.05 Å². The molecule has 1 N–H and O–H groups in total. The Morgan fingerprint density at radius 3 is 2.33 bits per heavy atom. The Labute approximate surface area is 90.6 Å². The van der Waals surface area contributed by atoms with E-state index in [1.807, 2.05) is 6.92 Å². The second kappa shape index (κ2) is 7.21. The van der Waals surface area contributed by atoms with Gasteiger partial charge in [-0.05, 0) is 25.5 Å². The van der Waals surface area contributed by atoms with Crippen molar-refractivity contribution in [1.82, 2.24) is 5.32 Å². The molecule has 0 bridgehead atoms. The van der Waals surface area contributed by atoms with Gasteiger partial charge in [0.1, 0.15) is 11.7 Å². The molecule has 0 aliphatic rings. The highest BCUT2D eigenvalue weighted by molar-refractivity contribution is 5.26. The van der Waals surface area contributed by atoms with Gasteiger partial charge in [0.15, 0.2) is 0 Å². The second-order valence-electron chi connectivity index (χ2n) is 3.36. The first-order valence-electron chi connectivity index (χ1n) is 5.13. The molecule has 3 heteroatoms. The van der Waals surface area contributed by atoms with Crippen LogP contribution in [0.25, 0.3) is 0 Å². The zero-order chi connectivity index (χ0) is 11.8. The smallest absolute Gasteiger partial charge is 0.121 e. The lowest BCUT2D eigenvalue weighted by atomic mass is 10.1. The standard InChI is InChI=1S/C12H19F2N/c1-5-9(3)12(14)8-11(15-4)7-10(13)6-2/h6-9,15H,5H2,1-4H3/b10-6-,11-7+,12-8+. The fraction of sp³-hybridized carbons (Fsp3) is 0.500. The molecule has 0 rings (SSSR count). The summed E-state index contributed by atoms with van der Waals surface area (Å²) >= 11 is 0. The van der Waals surface area contributed by atoms with Crippen LogP contribution >= 0.6 is 0 Å². The third-order valence-electron chi connectivity index (χ3n) is 2.23. The van der Waals surface area contributed by atoms with Crippen molar-refractivity contribution in [2.24, 2.45) is 5.92 Å². The summed E-state index contributed by atoms with van der Waals surface area (Å²) in [6.07, 6.45) is 4.65. The topological polar surface area (TPSA) is 12.0 Å². The highest BCUT2D eigenvalue weighted by Gasteiger charge is 2.05. The molecular formula is C12H19F2N. The summed E-state index contributed by atoms with van der Waals surface area (Å²) in [5, 5.41) is 2.74. The second-order valence-corrected chi connectivity index (χ2v) is 3.36. The molecule has 0 heterocycles. The van der Waals surface area contributed by atoms with Crippen LogP contribution in [0.3, 0.4) is 0 Å². The third-order valence-corrected chi connectivity index (χ3v) is 2.23. The van der Waals surface area contributed by atoms with Crippen molar-refractivity contribution in [1.29, 1.82) is 0 Å². The maximum Gasteiger partial charge on any atom is 0.121 e. The maximum absolute atomic E-state index is 13.4. The predicted octanol–water partition coefficient (Wildman–Crippen LogP) is 3.86. The van der Waals surface area contributed by atoms with E-state index in [0.717, 1.165) is 6.42 Å². The minimum Gasteiger partial charge on any atom is -0.388 e. The van der Waals surface area contributed by atoms with Crippen LogP contribution in [0.1, 0.15) is 27.2 Å². The number of hydrogen-bond acceptors (Lipinski definition) is 1. The maximum atomic E-state index is 13.4. The summed E-state index contributed by atoms with van der Waals surface area (Å²) in [7, 11) is 1.63. The molecule has 15 heavy (non-hydrogen) atoms. The third kappa shape index (κ3) is 5.35. The number of hydrogen-bond donors (Lipinski definition) is 1. The summed E-state index contributed by atoms with van der Waals surface area (Å²) in [6, 6.07) is 0. The van der Waals surface area contributed by atoms with Crippen molar-refractivity contribution >= 4 is 0 Å². The van der Waals surface area contributed by atoms with Crippen LogP contribution < -0.4 is 5.32 Å². The van der Waals surface area contributed by atoms with Crippen molar-refractivity contribution in [3.8, 4) is 0 Å². The van der Waals surface area contributed by atoms with Gasteiger partial charge in [-0.1, -0.05) is 19.9 Å². The van der Waals surface area contributed by atoms with E-state index in [0.29, 0.717) is 5.70 Å². The van der Waals surface area contributed by atoms with Crippen molar-refractivity contribution in [3.05, 3.63) is 35.6 Å². The quantitative estimate of drug-likeness (QED) is 0.686. The zero-order valence-corrected chi connectivity index (χ0v) is 9.77. The zero-order valence-electron chi connectivity index (χ0n) is 9.77. The molecule has 0 aromatic carbocycles. The van der Waals surface area contributed by atoms with Crippen LogP contribution in [-0.4, -0.2) is 7.05 Å². The van der Waals surface area contributed by atoms with E-state index in [1.165, 1.54) is 18.2 Å². The number of halogens is 2. The summed E-state index contributed by atoms with van der Waals surface area (Å²) < 4.78 is 26.3. The number of allylic oxidation sites excluding steroid dienone is 5. The van der Waals surface area contributed by atoms with E-state index in [9.17, 15) is 8.78 Å². The Morgan fingerprint density at radius 1 is 1.33 bits per heavy atom. The molecule has 0 spiro atoms. The van der Waals surface area contributed by atoms with Crippen LogP contribution in [-0.2, 0) is 0 Å². The molecule has 1 nitrogen and oxygen atoms in total. The van der Waals surface area contributed by atoms with Gasteiger partial charge in [-0.25, -0.2) is 8.78 Å². The number of likely N-dealkylation sites (N-methyl/N-ethyl adjacent to an activating group) is 1. The predicted molar refractivity (Wildman–Crippen MR) is 60.7 cm³/mol. The molecule has 0 saturated heterocycles. The largest absolute Gasteiger partial charge is 0.388 e. The molecular weight excluding hydrogens is 196 g/mol. The van der Waals surface area contributed by atoms with Crippen LogP contribution in [0, 0.1) is 5.92 Å². The van der Waals surface area contributed by atoms with Gasteiger partial charge in [0, 0.05) is 18.7 Å². The van der Waals surface area contributed by atoms with Crippen LogP contribution in [0.4, 0.5) is 8.78 Å².